The second kappa shape index (κ2) is 10.9. The van der Waals surface area contributed by atoms with Gasteiger partial charge in [0.2, 0.25) is 11.8 Å². The molecule has 7 atom stereocenters. The van der Waals surface area contributed by atoms with Gasteiger partial charge in [0.1, 0.15) is 17.6 Å². The van der Waals surface area contributed by atoms with Crippen molar-refractivity contribution >= 4 is 17.8 Å². The fourth-order valence-electron chi connectivity index (χ4n) is 6.90. The molecule has 0 aliphatic carbocycles. The molecule has 1 N–H and O–H groups in total. The van der Waals surface area contributed by atoms with Crippen molar-refractivity contribution < 1.29 is 29.0 Å². The molecule has 2 fully saturated rings. The summed E-state index contributed by atoms with van der Waals surface area (Å²) in [4.78, 5) is 45.9. The van der Waals surface area contributed by atoms with Gasteiger partial charge in [0.25, 0.3) is 0 Å². The number of amides is 2. The average Bonchev–Trinajstić information content (AvgIpc) is 3.26. The van der Waals surface area contributed by atoms with Crippen LogP contribution >= 0.6 is 0 Å². The van der Waals surface area contributed by atoms with Gasteiger partial charge in [-0.25, -0.2) is 0 Å². The molecule has 2 amide bonds. The zero-order valence-electron chi connectivity index (χ0n) is 23.1. The van der Waals surface area contributed by atoms with Crippen LogP contribution in [0.3, 0.4) is 0 Å². The van der Waals surface area contributed by atoms with Gasteiger partial charge in [0.05, 0.1) is 30.8 Å². The number of fused-ring (bicyclic) bond motifs is 2. The van der Waals surface area contributed by atoms with Crippen molar-refractivity contribution in [2.45, 2.75) is 76.3 Å². The number of ether oxygens (including phenoxy) is 2. The highest BCUT2D eigenvalue weighted by molar-refractivity contribution is 5.99. The highest BCUT2D eigenvalue weighted by atomic mass is 16.6. The van der Waals surface area contributed by atoms with E-state index in [2.05, 4.69) is 0 Å². The maximum absolute atomic E-state index is 14.5. The lowest BCUT2D eigenvalue weighted by molar-refractivity contribution is -0.162. The number of cyclic esters (lactones) is 1. The molecule has 4 heterocycles. The molecule has 1 aromatic carbocycles. The van der Waals surface area contributed by atoms with Gasteiger partial charge in [-0.3, -0.25) is 14.4 Å². The number of carbonyl (C=O) groups excluding carboxylic acids is 3. The van der Waals surface area contributed by atoms with Crippen LogP contribution in [0.25, 0.3) is 0 Å². The van der Waals surface area contributed by atoms with Crippen LogP contribution < -0.4 is 0 Å². The molecule has 8 nitrogen and oxygen atoms in total. The van der Waals surface area contributed by atoms with E-state index in [1.807, 2.05) is 75.4 Å². The monoisotopic (exact) mass is 536 g/mol. The molecule has 1 spiro atoms. The van der Waals surface area contributed by atoms with Crippen LogP contribution in [0.2, 0.25) is 0 Å². The van der Waals surface area contributed by atoms with Crippen LogP contribution in [0.1, 0.15) is 52.0 Å². The van der Waals surface area contributed by atoms with Crippen molar-refractivity contribution in [3.8, 4) is 0 Å². The first-order chi connectivity index (χ1) is 18.8. The number of allylic oxidation sites excluding steroid dienone is 1. The van der Waals surface area contributed by atoms with Crippen molar-refractivity contribution in [3.05, 3.63) is 60.2 Å². The van der Waals surface area contributed by atoms with E-state index in [4.69, 9.17) is 9.47 Å². The third-order valence-electron chi connectivity index (χ3n) is 9.08. The SMILES string of the molecule is CC[C@H](C)[C@H](CO)N1C(=O)[C@@H]2[C@@H]3C(=O)OCCCC/C=C\[C@]3(C)O[C@@]23C=CCN(Cc2ccccc2)C(=O)C13. The molecule has 8 heteroatoms. The standard InChI is InChI=1S/C31H40N2O6/c1-4-21(2)23(20-34)33-26-28(36)32(19-22-13-8-7-9-14-22)17-12-16-31(26)24(27(33)35)25-29(37)38-18-11-6-5-10-15-30(25,3)39-31/h7-10,12-16,21,23-26,34H,4-6,11,17-20H2,1-3H3/b15-10-/t21-,23-,24-,25+,26?,30-,31-/m0/s1. The second-order valence-electron chi connectivity index (χ2n) is 11.6. The molecule has 0 saturated carbocycles. The van der Waals surface area contributed by atoms with Crippen molar-refractivity contribution in [2.24, 2.45) is 17.8 Å². The summed E-state index contributed by atoms with van der Waals surface area (Å²) in [5, 5.41) is 10.5. The van der Waals surface area contributed by atoms with E-state index < -0.39 is 41.1 Å². The van der Waals surface area contributed by atoms with Crippen LogP contribution in [-0.4, -0.2) is 75.7 Å². The highest BCUT2D eigenvalue weighted by Crippen LogP contribution is 2.57. The Hall–Kier alpha value is -2.97. The number of benzene rings is 1. The molecule has 1 unspecified atom stereocenters. The van der Waals surface area contributed by atoms with Crippen LogP contribution in [0.15, 0.2) is 54.6 Å². The largest absolute Gasteiger partial charge is 0.465 e. The van der Waals surface area contributed by atoms with Crippen LogP contribution in [0.5, 0.6) is 0 Å². The smallest absolute Gasteiger partial charge is 0.313 e. The number of carbonyl (C=O) groups is 3. The first-order valence-electron chi connectivity index (χ1n) is 14.3. The zero-order valence-corrected chi connectivity index (χ0v) is 23.1. The Balaban J connectivity index is 1.64. The molecule has 2 saturated heterocycles. The molecule has 4 aliphatic heterocycles. The van der Waals surface area contributed by atoms with Gasteiger partial charge < -0.3 is 24.4 Å². The molecule has 4 aliphatic rings. The van der Waals surface area contributed by atoms with Gasteiger partial charge in [0, 0.05) is 13.1 Å². The molecule has 210 valence electrons. The van der Waals surface area contributed by atoms with Gasteiger partial charge >= 0.3 is 5.97 Å². The van der Waals surface area contributed by atoms with E-state index in [1.165, 1.54) is 0 Å². The zero-order chi connectivity index (χ0) is 27.8. The molecule has 0 aromatic heterocycles. The van der Waals surface area contributed by atoms with Crippen molar-refractivity contribution in [3.63, 3.8) is 0 Å². The van der Waals surface area contributed by atoms with Crippen LogP contribution in [0.4, 0.5) is 0 Å². The minimum absolute atomic E-state index is 0.0697. The predicted molar refractivity (Wildman–Crippen MR) is 145 cm³/mol. The minimum Gasteiger partial charge on any atom is -0.465 e. The molecule has 0 bridgehead atoms. The maximum atomic E-state index is 14.5. The number of rotatable bonds is 6. The Morgan fingerprint density at radius 3 is 2.54 bits per heavy atom. The van der Waals surface area contributed by atoms with E-state index in [0.29, 0.717) is 19.5 Å². The predicted octanol–water partition coefficient (Wildman–Crippen LogP) is 3.25. The number of hydrogen-bond acceptors (Lipinski definition) is 6. The number of aliphatic hydroxyl groups is 1. The number of likely N-dealkylation sites (tertiary alicyclic amines) is 1. The third-order valence-corrected chi connectivity index (χ3v) is 9.08. The lowest BCUT2D eigenvalue weighted by atomic mass is 9.74. The third kappa shape index (κ3) is 4.61. The van der Waals surface area contributed by atoms with Gasteiger partial charge in [-0.15, -0.1) is 0 Å². The van der Waals surface area contributed by atoms with Crippen molar-refractivity contribution in [1.82, 2.24) is 9.80 Å². The van der Waals surface area contributed by atoms with E-state index in [0.717, 1.165) is 24.8 Å². The Morgan fingerprint density at radius 2 is 1.82 bits per heavy atom. The Bertz CT molecular complexity index is 1150. The van der Waals surface area contributed by atoms with Gasteiger partial charge in [-0.05, 0) is 37.7 Å². The minimum atomic E-state index is -1.36. The summed E-state index contributed by atoms with van der Waals surface area (Å²) in [7, 11) is 0. The maximum Gasteiger partial charge on any atom is 0.313 e. The summed E-state index contributed by atoms with van der Waals surface area (Å²) in [6.45, 7) is 6.51. The molecular formula is C31H40N2O6. The Morgan fingerprint density at radius 1 is 1.05 bits per heavy atom. The van der Waals surface area contributed by atoms with Gasteiger partial charge in [-0.1, -0.05) is 74.9 Å². The van der Waals surface area contributed by atoms with E-state index >= 15 is 0 Å². The summed E-state index contributed by atoms with van der Waals surface area (Å²) in [5.41, 5.74) is -1.51. The fourth-order valence-corrected chi connectivity index (χ4v) is 6.90. The normalized spacial score (nSPS) is 35.0. The number of aliphatic hydroxyl groups excluding tert-OH is 1. The van der Waals surface area contributed by atoms with Crippen molar-refractivity contribution in [1.29, 1.82) is 0 Å². The summed E-state index contributed by atoms with van der Waals surface area (Å²) >= 11 is 0. The van der Waals surface area contributed by atoms with E-state index in [-0.39, 0.29) is 30.9 Å². The van der Waals surface area contributed by atoms with Crippen molar-refractivity contribution in [2.75, 3.05) is 19.8 Å². The number of nitrogens with zero attached hydrogens (tertiary/aromatic N) is 2. The fraction of sp³-hybridized carbons (Fsp3) is 0.581. The first kappa shape index (κ1) is 27.6. The van der Waals surface area contributed by atoms with Gasteiger partial charge in [-0.2, -0.15) is 0 Å². The first-order valence-corrected chi connectivity index (χ1v) is 14.3. The molecule has 1 aromatic rings. The topological polar surface area (TPSA) is 96.4 Å². The molecular weight excluding hydrogens is 496 g/mol. The quantitative estimate of drug-likeness (QED) is 0.443. The number of esters is 1. The lowest BCUT2D eigenvalue weighted by Crippen LogP contribution is -2.59. The molecule has 39 heavy (non-hydrogen) atoms. The van der Waals surface area contributed by atoms with E-state index in [1.54, 1.807) is 9.80 Å². The van der Waals surface area contributed by atoms with Crippen LogP contribution in [0, 0.1) is 17.8 Å². The Kier molecular flexibility index (Phi) is 7.71. The van der Waals surface area contributed by atoms with Crippen LogP contribution in [-0.2, 0) is 30.4 Å². The summed E-state index contributed by atoms with van der Waals surface area (Å²) in [6, 6.07) is 8.12. The second-order valence-corrected chi connectivity index (χ2v) is 11.6. The summed E-state index contributed by atoms with van der Waals surface area (Å²) in [6.07, 6.45) is 10.8. The molecule has 5 rings (SSSR count). The summed E-state index contributed by atoms with van der Waals surface area (Å²) < 4.78 is 12.5. The van der Waals surface area contributed by atoms with Gasteiger partial charge in [0.15, 0.2) is 0 Å². The highest BCUT2D eigenvalue weighted by Gasteiger charge is 2.75. The lowest BCUT2D eigenvalue weighted by Gasteiger charge is -2.41. The van der Waals surface area contributed by atoms with E-state index in [9.17, 15) is 19.5 Å². The number of hydrogen-bond donors (Lipinski definition) is 1. The average molecular weight is 537 g/mol. The summed E-state index contributed by atoms with van der Waals surface area (Å²) in [5.74, 6) is -2.99. The molecule has 0 radical (unpaired) electrons. The Labute approximate surface area is 230 Å².